The second-order valence-electron chi connectivity index (χ2n) is 4.56. The SMILES string of the molecule is Cc1ccc(F)cc1CC(=O)c1ccnc(N)c1C(=O)Cl. The molecule has 0 fully saturated rings. The summed E-state index contributed by atoms with van der Waals surface area (Å²) in [6.07, 6.45) is 1.27. The Kier molecular flexibility index (Phi) is 4.33. The number of carbonyl (C=O) groups is 2. The lowest BCUT2D eigenvalue weighted by molar-refractivity contribution is 0.0982. The number of halogens is 2. The van der Waals surface area contributed by atoms with Crippen molar-refractivity contribution >= 4 is 28.4 Å². The summed E-state index contributed by atoms with van der Waals surface area (Å²) in [5.74, 6) is -0.898. The van der Waals surface area contributed by atoms with E-state index in [1.807, 2.05) is 0 Å². The largest absolute Gasteiger partial charge is 0.383 e. The average molecular weight is 307 g/mol. The highest BCUT2D eigenvalue weighted by molar-refractivity contribution is 6.68. The molecular weight excluding hydrogens is 295 g/mol. The van der Waals surface area contributed by atoms with Crippen molar-refractivity contribution in [2.75, 3.05) is 5.73 Å². The maximum atomic E-state index is 13.3. The zero-order chi connectivity index (χ0) is 15.6. The Labute approximate surface area is 125 Å². The average Bonchev–Trinajstić information content (AvgIpc) is 2.42. The molecule has 21 heavy (non-hydrogen) atoms. The Morgan fingerprint density at radius 2 is 2.05 bits per heavy atom. The lowest BCUT2D eigenvalue weighted by atomic mass is 9.97. The third-order valence-corrected chi connectivity index (χ3v) is 3.33. The van der Waals surface area contributed by atoms with Crippen LogP contribution in [0.5, 0.6) is 0 Å². The molecule has 0 spiro atoms. The quantitative estimate of drug-likeness (QED) is 0.696. The van der Waals surface area contributed by atoms with Crippen molar-refractivity contribution in [1.82, 2.24) is 4.98 Å². The van der Waals surface area contributed by atoms with E-state index in [9.17, 15) is 14.0 Å². The Morgan fingerprint density at radius 3 is 2.71 bits per heavy atom. The van der Waals surface area contributed by atoms with E-state index in [1.165, 1.54) is 24.4 Å². The lowest BCUT2D eigenvalue weighted by Crippen LogP contribution is -2.13. The second-order valence-corrected chi connectivity index (χ2v) is 4.91. The summed E-state index contributed by atoms with van der Waals surface area (Å²) in [6, 6.07) is 5.58. The molecule has 1 heterocycles. The number of nitrogens with two attached hydrogens (primary N) is 1. The molecule has 1 aromatic carbocycles. The zero-order valence-electron chi connectivity index (χ0n) is 11.2. The topological polar surface area (TPSA) is 73.1 Å². The van der Waals surface area contributed by atoms with Gasteiger partial charge in [-0.2, -0.15) is 0 Å². The molecule has 2 aromatic rings. The number of hydrogen-bond acceptors (Lipinski definition) is 4. The molecule has 0 amide bonds. The summed E-state index contributed by atoms with van der Waals surface area (Å²) >= 11 is 5.45. The van der Waals surface area contributed by atoms with Gasteiger partial charge in [0, 0.05) is 18.2 Å². The van der Waals surface area contributed by atoms with Crippen molar-refractivity contribution in [3.8, 4) is 0 Å². The zero-order valence-corrected chi connectivity index (χ0v) is 11.9. The monoisotopic (exact) mass is 306 g/mol. The predicted molar refractivity (Wildman–Crippen MR) is 78.0 cm³/mol. The number of nitrogens with zero attached hydrogens (tertiary/aromatic N) is 1. The maximum Gasteiger partial charge on any atom is 0.256 e. The number of Topliss-reactive ketones (excluding diaryl/α,β-unsaturated/α-hetero) is 1. The first-order chi connectivity index (χ1) is 9.90. The molecule has 2 rings (SSSR count). The number of nitrogen functional groups attached to an aromatic ring is 1. The van der Waals surface area contributed by atoms with Gasteiger partial charge in [-0.25, -0.2) is 9.37 Å². The van der Waals surface area contributed by atoms with Crippen LogP contribution >= 0.6 is 11.6 Å². The Bertz CT molecular complexity index is 732. The van der Waals surface area contributed by atoms with Crippen LogP contribution in [0.4, 0.5) is 10.2 Å². The van der Waals surface area contributed by atoms with Crippen LogP contribution < -0.4 is 5.73 Å². The summed E-state index contributed by atoms with van der Waals surface area (Å²) < 4.78 is 13.3. The fourth-order valence-electron chi connectivity index (χ4n) is 2.02. The minimum absolute atomic E-state index is 0.0514. The molecule has 0 aliphatic heterocycles. The highest BCUT2D eigenvalue weighted by atomic mass is 35.5. The van der Waals surface area contributed by atoms with Crippen LogP contribution in [0.15, 0.2) is 30.5 Å². The molecule has 0 saturated heterocycles. The maximum absolute atomic E-state index is 13.3. The van der Waals surface area contributed by atoms with Crippen LogP contribution in [0.1, 0.15) is 31.8 Å². The molecule has 1 aromatic heterocycles. The highest BCUT2D eigenvalue weighted by Crippen LogP contribution is 2.20. The number of carbonyl (C=O) groups excluding carboxylic acids is 2. The van der Waals surface area contributed by atoms with Crippen molar-refractivity contribution in [2.24, 2.45) is 0 Å². The number of rotatable bonds is 4. The third kappa shape index (κ3) is 3.25. The summed E-state index contributed by atoms with van der Waals surface area (Å²) in [4.78, 5) is 27.5. The molecule has 0 atom stereocenters. The van der Waals surface area contributed by atoms with Gasteiger partial charge in [0.1, 0.15) is 11.6 Å². The molecule has 4 nitrogen and oxygen atoms in total. The molecule has 0 aliphatic carbocycles. The fourth-order valence-corrected chi connectivity index (χ4v) is 2.21. The van der Waals surface area contributed by atoms with Gasteiger partial charge in [-0.15, -0.1) is 0 Å². The highest BCUT2D eigenvalue weighted by Gasteiger charge is 2.20. The second kappa shape index (κ2) is 6.01. The minimum atomic E-state index is -0.847. The van der Waals surface area contributed by atoms with E-state index in [1.54, 1.807) is 13.0 Å². The first-order valence-corrected chi connectivity index (χ1v) is 6.50. The van der Waals surface area contributed by atoms with Crippen molar-refractivity contribution < 1.29 is 14.0 Å². The van der Waals surface area contributed by atoms with E-state index in [-0.39, 0.29) is 29.1 Å². The van der Waals surface area contributed by atoms with E-state index >= 15 is 0 Å². The number of anilines is 1. The van der Waals surface area contributed by atoms with Crippen LogP contribution in [0.2, 0.25) is 0 Å². The molecule has 0 radical (unpaired) electrons. The van der Waals surface area contributed by atoms with E-state index in [0.717, 1.165) is 5.56 Å². The standard InChI is InChI=1S/C15H12ClFN2O2/c1-8-2-3-10(17)6-9(8)7-12(20)11-4-5-19-15(18)13(11)14(16)21/h2-6H,7H2,1H3,(H2,18,19). The number of hydrogen-bond donors (Lipinski definition) is 1. The van der Waals surface area contributed by atoms with Crippen LogP contribution in [-0.4, -0.2) is 16.0 Å². The minimum Gasteiger partial charge on any atom is -0.383 e. The number of pyridine rings is 1. The number of benzene rings is 1. The van der Waals surface area contributed by atoms with Crippen LogP contribution in [0, 0.1) is 12.7 Å². The van der Waals surface area contributed by atoms with E-state index in [4.69, 9.17) is 17.3 Å². The van der Waals surface area contributed by atoms with Gasteiger partial charge in [-0.1, -0.05) is 6.07 Å². The van der Waals surface area contributed by atoms with Gasteiger partial charge in [0.15, 0.2) is 5.78 Å². The predicted octanol–water partition coefficient (Wildman–Crippen LogP) is 2.92. The molecule has 0 unspecified atom stereocenters. The molecule has 0 aliphatic rings. The first-order valence-electron chi connectivity index (χ1n) is 6.12. The fraction of sp³-hybridized carbons (Fsp3) is 0.133. The van der Waals surface area contributed by atoms with Crippen molar-refractivity contribution in [3.05, 3.63) is 58.5 Å². The Hall–Kier alpha value is -2.27. The molecule has 108 valence electrons. The summed E-state index contributed by atoms with van der Waals surface area (Å²) in [5.41, 5.74) is 6.88. The Balaban J connectivity index is 2.40. The van der Waals surface area contributed by atoms with Gasteiger partial charge in [-0.05, 0) is 47.9 Å². The van der Waals surface area contributed by atoms with Crippen LogP contribution in [-0.2, 0) is 6.42 Å². The molecule has 0 saturated carbocycles. The van der Waals surface area contributed by atoms with E-state index in [2.05, 4.69) is 4.98 Å². The van der Waals surface area contributed by atoms with Gasteiger partial charge in [0.2, 0.25) is 0 Å². The number of aryl methyl sites for hydroxylation is 1. The van der Waals surface area contributed by atoms with Gasteiger partial charge >= 0.3 is 0 Å². The van der Waals surface area contributed by atoms with Crippen molar-refractivity contribution in [1.29, 1.82) is 0 Å². The van der Waals surface area contributed by atoms with Gasteiger partial charge in [0.05, 0.1) is 5.56 Å². The van der Waals surface area contributed by atoms with Gasteiger partial charge < -0.3 is 5.73 Å². The third-order valence-electron chi connectivity index (χ3n) is 3.14. The summed E-state index contributed by atoms with van der Waals surface area (Å²) in [7, 11) is 0. The molecular formula is C15H12ClFN2O2. The van der Waals surface area contributed by atoms with Crippen molar-refractivity contribution in [3.63, 3.8) is 0 Å². The smallest absolute Gasteiger partial charge is 0.256 e. The van der Waals surface area contributed by atoms with Crippen LogP contribution in [0.3, 0.4) is 0 Å². The van der Waals surface area contributed by atoms with E-state index < -0.39 is 11.1 Å². The number of ketones is 1. The first kappa shape index (κ1) is 15.1. The molecule has 0 bridgehead atoms. The normalized spacial score (nSPS) is 10.4. The van der Waals surface area contributed by atoms with Gasteiger partial charge in [0.25, 0.3) is 5.24 Å². The van der Waals surface area contributed by atoms with Crippen molar-refractivity contribution in [2.45, 2.75) is 13.3 Å². The molecule has 2 N–H and O–H groups in total. The van der Waals surface area contributed by atoms with Crippen LogP contribution in [0.25, 0.3) is 0 Å². The lowest BCUT2D eigenvalue weighted by Gasteiger charge is -2.09. The Morgan fingerprint density at radius 1 is 1.33 bits per heavy atom. The molecule has 6 heteroatoms. The van der Waals surface area contributed by atoms with E-state index in [0.29, 0.717) is 5.56 Å². The summed E-state index contributed by atoms with van der Waals surface area (Å²) in [5, 5.41) is -0.847. The summed E-state index contributed by atoms with van der Waals surface area (Å²) in [6.45, 7) is 1.77. The number of aromatic nitrogens is 1. The van der Waals surface area contributed by atoms with Gasteiger partial charge in [-0.3, -0.25) is 9.59 Å².